The van der Waals surface area contributed by atoms with E-state index in [0.717, 1.165) is 22.4 Å². The first-order chi connectivity index (χ1) is 10.3. The van der Waals surface area contributed by atoms with Crippen LogP contribution in [0.4, 0.5) is 0 Å². The predicted molar refractivity (Wildman–Crippen MR) is 85.1 cm³/mol. The van der Waals surface area contributed by atoms with Crippen molar-refractivity contribution >= 4 is 0 Å². The maximum Gasteiger partial charge on any atom is 0.129 e. The number of rotatable bonds is 5. The molecule has 0 saturated carbocycles. The summed E-state index contributed by atoms with van der Waals surface area (Å²) in [7, 11) is 0. The average molecular weight is 309 g/mol. The minimum Gasteiger partial charge on any atom is -0.485 e. The van der Waals surface area contributed by atoms with Crippen molar-refractivity contribution in [3.05, 3.63) is 28.8 Å². The summed E-state index contributed by atoms with van der Waals surface area (Å²) in [6.07, 6.45) is -0.726. The van der Waals surface area contributed by atoms with Crippen molar-refractivity contribution in [2.45, 2.75) is 45.4 Å². The Kier molecular flexibility index (Phi) is 5.12. The zero-order chi connectivity index (χ0) is 16.5. The molecule has 3 N–H and O–H groups in total. The fourth-order valence-electron chi connectivity index (χ4n) is 3.34. The second kappa shape index (κ2) is 6.54. The van der Waals surface area contributed by atoms with Gasteiger partial charge in [-0.2, -0.15) is 0 Å². The quantitative estimate of drug-likeness (QED) is 0.761. The molecular weight excluding hydrogens is 282 g/mol. The van der Waals surface area contributed by atoms with Crippen LogP contribution in [-0.4, -0.2) is 58.2 Å². The van der Waals surface area contributed by atoms with Gasteiger partial charge in [0.2, 0.25) is 0 Å². The third-order valence-electron chi connectivity index (χ3n) is 4.57. The molecule has 5 nitrogen and oxygen atoms in total. The van der Waals surface area contributed by atoms with Gasteiger partial charge in [0, 0.05) is 18.7 Å². The van der Waals surface area contributed by atoms with Crippen LogP contribution in [0.3, 0.4) is 0 Å². The van der Waals surface area contributed by atoms with Crippen molar-refractivity contribution in [3.8, 4) is 5.75 Å². The van der Waals surface area contributed by atoms with E-state index in [0.29, 0.717) is 13.1 Å². The Morgan fingerprint density at radius 3 is 2.27 bits per heavy atom. The van der Waals surface area contributed by atoms with E-state index in [1.807, 2.05) is 44.7 Å². The van der Waals surface area contributed by atoms with Crippen LogP contribution in [-0.2, 0) is 0 Å². The molecule has 22 heavy (non-hydrogen) atoms. The molecule has 0 fully saturated rings. The number of hydrogen-bond donors (Lipinski definition) is 3. The van der Waals surface area contributed by atoms with Gasteiger partial charge < -0.3 is 20.1 Å². The number of benzene rings is 1. The first-order valence-corrected chi connectivity index (χ1v) is 7.76. The summed E-state index contributed by atoms with van der Waals surface area (Å²) in [5.74, 6) is 0.752. The number of aliphatic hydroxyl groups excluding tert-OH is 3. The molecule has 0 amide bonds. The molecule has 0 radical (unpaired) electrons. The highest BCUT2D eigenvalue weighted by molar-refractivity contribution is 5.49. The van der Waals surface area contributed by atoms with Crippen LogP contribution in [0.2, 0.25) is 0 Å². The molecule has 2 rings (SSSR count). The van der Waals surface area contributed by atoms with Crippen LogP contribution in [0.5, 0.6) is 5.75 Å². The second-order valence-corrected chi connectivity index (χ2v) is 6.50. The zero-order valence-corrected chi connectivity index (χ0v) is 13.8. The maximum atomic E-state index is 10.9. The van der Waals surface area contributed by atoms with E-state index in [4.69, 9.17) is 4.74 Å². The van der Waals surface area contributed by atoms with Crippen LogP contribution in [0, 0.1) is 13.8 Å². The number of nitrogens with zero attached hydrogens (tertiary/aromatic N) is 1. The van der Waals surface area contributed by atoms with Gasteiger partial charge in [-0.3, -0.25) is 4.90 Å². The van der Waals surface area contributed by atoms with E-state index in [-0.39, 0.29) is 19.3 Å². The van der Waals surface area contributed by atoms with E-state index in [2.05, 4.69) is 0 Å². The molecule has 1 aliphatic rings. The molecule has 124 valence electrons. The highest BCUT2D eigenvalue weighted by Crippen LogP contribution is 2.44. The molecule has 1 heterocycles. The van der Waals surface area contributed by atoms with Gasteiger partial charge in [-0.15, -0.1) is 0 Å². The minimum atomic E-state index is -0.726. The largest absolute Gasteiger partial charge is 0.485 e. The van der Waals surface area contributed by atoms with Crippen LogP contribution >= 0.6 is 0 Å². The van der Waals surface area contributed by atoms with Gasteiger partial charge in [0.05, 0.1) is 19.3 Å². The third kappa shape index (κ3) is 2.99. The van der Waals surface area contributed by atoms with Gasteiger partial charge in [-0.25, -0.2) is 0 Å². The number of aryl methyl sites for hydroxylation is 1. The molecule has 1 aliphatic heterocycles. The van der Waals surface area contributed by atoms with Gasteiger partial charge in [0.1, 0.15) is 17.5 Å². The first kappa shape index (κ1) is 17.2. The normalized spacial score (nSPS) is 23.3. The number of ether oxygens (including phenoxy) is 1. The van der Waals surface area contributed by atoms with E-state index in [1.54, 1.807) is 0 Å². The first-order valence-electron chi connectivity index (χ1n) is 7.76. The topological polar surface area (TPSA) is 73.2 Å². The SMILES string of the molecule is Cc1ccc2c(c1C)OC(C)(C)C(N(CCO)CCO)C2O. The Morgan fingerprint density at radius 2 is 1.73 bits per heavy atom. The predicted octanol–water partition coefficient (Wildman–Crippen LogP) is 1.16. The van der Waals surface area contributed by atoms with E-state index < -0.39 is 11.7 Å². The Morgan fingerprint density at radius 1 is 1.14 bits per heavy atom. The molecule has 0 saturated heterocycles. The monoisotopic (exact) mass is 309 g/mol. The third-order valence-corrected chi connectivity index (χ3v) is 4.57. The van der Waals surface area contributed by atoms with Gasteiger partial charge in [-0.05, 0) is 38.8 Å². The molecule has 0 spiro atoms. The Labute approximate surface area is 132 Å². The van der Waals surface area contributed by atoms with Crippen LogP contribution < -0.4 is 4.74 Å². The lowest BCUT2D eigenvalue weighted by Gasteiger charge is -2.48. The molecule has 2 unspecified atom stereocenters. The smallest absolute Gasteiger partial charge is 0.129 e. The average Bonchev–Trinajstić information content (AvgIpc) is 2.43. The molecule has 0 aliphatic carbocycles. The van der Waals surface area contributed by atoms with Crippen molar-refractivity contribution in [3.63, 3.8) is 0 Å². The van der Waals surface area contributed by atoms with Gasteiger partial charge >= 0.3 is 0 Å². The van der Waals surface area contributed by atoms with Gasteiger partial charge in [-0.1, -0.05) is 12.1 Å². The standard InChI is InChI=1S/C17H27NO4/c1-11-5-6-13-14(21)16(18(7-9-19)8-10-20)17(3,4)22-15(13)12(11)2/h5-6,14,16,19-21H,7-10H2,1-4H3. The van der Waals surface area contributed by atoms with Gasteiger partial charge in [0.15, 0.2) is 0 Å². The lowest BCUT2D eigenvalue weighted by Crippen LogP contribution is -2.59. The van der Waals surface area contributed by atoms with E-state index >= 15 is 0 Å². The number of aliphatic hydroxyl groups is 3. The molecule has 2 atom stereocenters. The lowest BCUT2D eigenvalue weighted by molar-refractivity contribution is -0.0887. The highest BCUT2D eigenvalue weighted by atomic mass is 16.5. The van der Waals surface area contributed by atoms with Crippen molar-refractivity contribution in [1.82, 2.24) is 4.90 Å². The van der Waals surface area contributed by atoms with Crippen LogP contribution in [0.1, 0.15) is 36.6 Å². The van der Waals surface area contributed by atoms with Gasteiger partial charge in [0.25, 0.3) is 0 Å². The number of hydrogen-bond acceptors (Lipinski definition) is 5. The van der Waals surface area contributed by atoms with Crippen molar-refractivity contribution < 1.29 is 20.1 Å². The van der Waals surface area contributed by atoms with Crippen LogP contribution in [0.15, 0.2) is 12.1 Å². The summed E-state index contributed by atoms with van der Waals surface area (Å²) in [6, 6.07) is 3.56. The Bertz CT molecular complexity index is 524. The maximum absolute atomic E-state index is 10.9. The van der Waals surface area contributed by atoms with Crippen molar-refractivity contribution in [1.29, 1.82) is 0 Å². The van der Waals surface area contributed by atoms with E-state index in [1.165, 1.54) is 0 Å². The Balaban J connectivity index is 2.46. The fourth-order valence-corrected chi connectivity index (χ4v) is 3.34. The highest BCUT2D eigenvalue weighted by Gasteiger charge is 2.46. The summed E-state index contributed by atoms with van der Waals surface area (Å²) in [6.45, 7) is 8.61. The zero-order valence-electron chi connectivity index (χ0n) is 13.8. The fraction of sp³-hybridized carbons (Fsp3) is 0.647. The van der Waals surface area contributed by atoms with E-state index in [9.17, 15) is 15.3 Å². The summed E-state index contributed by atoms with van der Waals surface area (Å²) >= 11 is 0. The molecule has 5 heteroatoms. The molecule has 0 bridgehead atoms. The van der Waals surface area contributed by atoms with Crippen molar-refractivity contribution in [2.75, 3.05) is 26.3 Å². The van der Waals surface area contributed by atoms with Crippen LogP contribution in [0.25, 0.3) is 0 Å². The molecule has 1 aromatic carbocycles. The summed E-state index contributed by atoms with van der Waals surface area (Å²) < 4.78 is 6.22. The summed E-state index contributed by atoms with van der Waals surface area (Å²) in [5, 5.41) is 29.5. The molecule has 1 aromatic rings. The second-order valence-electron chi connectivity index (χ2n) is 6.50. The lowest BCUT2D eigenvalue weighted by atomic mass is 9.83. The summed E-state index contributed by atoms with van der Waals surface area (Å²) in [5.41, 5.74) is 2.31. The minimum absolute atomic E-state index is 0.0287. The number of fused-ring (bicyclic) bond motifs is 1. The van der Waals surface area contributed by atoms with Crippen molar-refractivity contribution in [2.24, 2.45) is 0 Å². The summed E-state index contributed by atoms with van der Waals surface area (Å²) in [4.78, 5) is 1.89. The molecule has 0 aromatic heterocycles. The Hall–Kier alpha value is -1.14. The molecular formula is C17H27NO4.